The van der Waals surface area contributed by atoms with Crippen LogP contribution in [0.5, 0.6) is 5.75 Å². The van der Waals surface area contributed by atoms with E-state index in [0.717, 1.165) is 35.9 Å². The summed E-state index contributed by atoms with van der Waals surface area (Å²) in [6, 6.07) is 9.88. The number of aromatic nitrogens is 4. The van der Waals surface area contributed by atoms with Gasteiger partial charge >= 0.3 is 0 Å². The summed E-state index contributed by atoms with van der Waals surface area (Å²) in [6.45, 7) is 4.28. The Labute approximate surface area is 216 Å². The number of hydrogen-bond acceptors (Lipinski definition) is 6. The van der Waals surface area contributed by atoms with E-state index in [1.807, 2.05) is 32.0 Å². The first-order valence-electron chi connectivity index (χ1n) is 12.4. The number of halogens is 1. The molecule has 4 aromatic rings. The molecule has 11 heteroatoms. The quantitative estimate of drug-likeness (QED) is 0.437. The van der Waals surface area contributed by atoms with Crippen molar-refractivity contribution in [1.82, 2.24) is 24.1 Å². The minimum atomic E-state index is -0.525. The number of fused-ring (bicyclic) bond motifs is 3. The zero-order valence-electron chi connectivity index (χ0n) is 20.9. The standard InChI is InChI=1S/C27H25FN6O4/c1-15(2)32-13-19-25(27(32)37)33(14-23(35)30-22-8-6-18(28)12-29-22)24-11-20(31-34(24)26(19)36)16-5-7-21-17(10-16)4-3-9-38-21/h5-8,10-12,15H,3-4,9,13-14H2,1-2H3,(H,29,30,35). The molecule has 6 rings (SSSR count). The summed E-state index contributed by atoms with van der Waals surface area (Å²) in [6.07, 6.45) is 2.81. The number of ether oxygens (including phenoxy) is 1. The van der Waals surface area contributed by atoms with Crippen LogP contribution >= 0.6 is 0 Å². The van der Waals surface area contributed by atoms with E-state index < -0.39 is 17.3 Å². The topological polar surface area (TPSA) is 111 Å². The molecular formula is C27H25FN6O4. The van der Waals surface area contributed by atoms with E-state index in [9.17, 15) is 18.8 Å². The molecule has 0 spiro atoms. The first-order chi connectivity index (χ1) is 18.3. The van der Waals surface area contributed by atoms with Gasteiger partial charge in [-0.25, -0.2) is 9.37 Å². The minimum Gasteiger partial charge on any atom is -0.493 e. The van der Waals surface area contributed by atoms with E-state index >= 15 is 0 Å². The Kier molecular flexibility index (Phi) is 5.70. The van der Waals surface area contributed by atoms with E-state index in [0.29, 0.717) is 17.9 Å². The maximum Gasteiger partial charge on any atom is 0.280 e. The highest BCUT2D eigenvalue weighted by Gasteiger charge is 2.36. The number of benzene rings is 1. The van der Waals surface area contributed by atoms with Gasteiger partial charge in [-0.1, -0.05) is 0 Å². The van der Waals surface area contributed by atoms with Crippen LogP contribution in [0.1, 0.15) is 41.9 Å². The van der Waals surface area contributed by atoms with Gasteiger partial charge in [-0.2, -0.15) is 9.61 Å². The number of aryl methyl sites for hydroxylation is 1. The zero-order chi connectivity index (χ0) is 26.6. The molecule has 194 valence electrons. The molecule has 0 saturated heterocycles. The first kappa shape index (κ1) is 23.8. The van der Waals surface area contributed by atoms with E-state index in [1.165, 1.54) is 21.2 Å². The van der Waals surface area contributed by atoms with Crippen LogP contribution in [-0.2, 0) is 24.3 Å². The third-order valence-corrected chi connectivity index (χ3v) is 6.89. The minimum absolute atomic E-state index is 0.132. The second kappa shape index (κ2) is 9.09. The maximum atomic E-state index is 13.5. The number of amides is 2. The van der Waals surface area contributed by atoms with Gasteiger partial charge < -0.3 is 19.5 Å². The Morgan fingerprint density at radius 2 is 2.03 bits per heavy atom. The van der Waals surface area contributed by atoms with Crippen LogP contribution in [0.4, 0.5) is 10.2 Å². The summed E-state index contributed by atoms with van der Waals surface area (Å²) in [4.78, 5) is 45.4. The Hall–Kier alpha value is -4.54. The molecule has 2 aliphatic heterocycles. The third kappa shape index (κ3) is 4.00. The molecule has 2 amide bonds. The molecule has 38 heavy (non-hydrogen) atoms. The summed E-state index contributed by atoms with van der Waals surface area (Å²) in [5.74, 6) is -0.321. The molecule has 0 radical (unpaired) electrons. The Bertz CT molecular complexity index is 1660. The Balaban J connectivity index is 1.46. The fraction of sp³-hybridized carbons (Fsp3) is 0.296. The summed E-state index contributed by atoms with van der Waals surface area (Å²) >= 11 is 0. The van der Waals surface area contributed by atoms with Crippen molar-refractivity contribution in [3.8, 4) is 17.0 Å². The van der Waals surface area contributed by atoms with E-state index in [-0.39, 0.29) is 42.1 Å². The van der Waals surface area contributed by atoms with Crippen molar-refractivity contribution in [3.05, 3.63) is 75.6 Å². The van der Waals surface area contributed by atoms with Crippen LogP contribution in [-0.4, -0.2) is 48.5 Å². The van der Waals surface area contributed by atoms with Crippen LogP contribution in [0.25, 0.3) is 16.9 Å². The molecule has 0 atom stereocenters. The lowest BCUT2D eigenvalue weighted by Gasteiger charge is -2.20. The largest absolute Gasteiger partial charge is 0.493 e. The zero-order valence-corrected chi connectivity index (χ0v) is 20.9. The van der Waals surface area contributed by atoms with Crippen molar-refractivity contribution < 1.29 is 18.7 Å². The van der Waals surface area contributed by atoms with Gasteiger partial charge in [0.25, 0.3) is 11.5 Å². The molecule has 0 bridgehead atoms. The molecule has 0 unspecified atom stereocenters. The Morgan fingerprint density at radius 1 is 1.18 bits per heavy atom. The highest BCUT2D eigenvalue weighted by Crippen LogP contribution is 2.31. The molecule has 0 aliphatic carbocycles. The van der Waals surface area contributed by atoms with E-state index in [2.05, 4.69) is 15.4 Å². The van der Waals surface area contributed by atoms with Crippen LogP contribution < -0.4 is 15.6 Å². The number of hydrogen-bond donors (Lipinski definition) is 1. The fourth-order valence-electron chi connectivity index (χ4n) is 5.00. The average Bonchev–Trinajstić information content (AvgIpc) is 3.50. The molecule has 0 saturated carbocycles. The first-order valence-corrected chi connectivity index (χ1v) is 12.4. The lowest BCUT2D eigenvalue weighted by molar-refractivity contribution is -0.116. The van der Waals surface area contributed by atoms with Gasteiger partial charge in [0.2, 0.25) is 5.91 Å². The van der Waals surface area contributed by atoms with Crippen LogP contribution in [0.3, 0.4) is 0 Å². The van der Waals surface area contributed by atoms with Crippen LogP contribution in [0.2, 0.25) is 0 Å². The number of nitrogens with one attached hydrogen (secondary N) is 1. The highest BCUT2D eigenvalue weighted by molar-refractivity contribution is 5.98. The second-order valence-electron chi connectivity index (χ2n) is 9.73. The number of anilines is 1. The number of pyridine rings is 1. The van der Waals surface area contributed by atoms with Crippen molar-refractivity contribution in [2.24, 2.45) is 0 Å². The van der Waals surface area contributed by atoms with Crippen molar-refractivity contribution in [2.75, 3.05) is 11.9 Å². The third-order valence-electron chi connectivity index (χ3n) is 6.89. The number of rotatable bonds is 5. The van der Waals surface area contributed by atoms with Crippen molar-refractivity contribution in [3.63, 3.8) is 0 Å². The van der Waals surface area contributed by atoms with Gasteiger partial charge in [-0.15, -0.1) is 0 Å². The van der Waals surface area contributed by atoms with Gasteiger partial charge in [0, 0.05) is 17.7 Å². The normalized spacial score (nSPS) is 14.5. The lowest BCUT2D eigenvalue weighted by atomic mass is 10.0. The Morgan fingerprint density at radius 3 is 2.79 bits per heavy atom. The van der Waals surface area contributed by atoms with Crippen LogP contribution in [0.15, 0.2) is 47.4 Å². The number of carbonyl (C=O) groups is 2. The van der Waals surface area contributed by atoms with Gasteiger partial charge in [0.05, 0.1) is 30.6 Å². The molecule has 3 aromatic heterocycles. The monoisotopic (exact) mass is 516 g/mol. The molecule has 10 nitrogen and oxygen atoms in total. The average molecular weight is 517 g/mol. The van der Waals surface area contributed by atoms with Crippen molar-refractivity contribution in [2.45, 2.75) is 45.8 Å². The smallest absolute Gasteiger partial charge is 0.280 e. The predicted molar refractivity (Wildman–Crippen MR) is 137 cm³/mol. The lowest BCUT2D eigenvalue weighted by Crippen LogP contribution is -2.32. The van der Waals surface area contributed by atoms with E-state index in [4.69, 9.17) is 4.74 Å². The summed E-state index contributed by atoms with van der Waals surface area (Å²) < 4.78 is 21.7. The molecule has 2 aliphatic rings. The number of nitrogens with zero attached hydrogens (tertiary/aromatic N) is 5. The van der Waals surface area contributed by atoms with Crippen molar-refractivity contribution in [1.29, 1.82) is 0 Å². The summed E-state index contributed by atoms with van der Waals surface area (Å²) in [7, 11) is 0. The second-order valence-corrected chi connectivity index (χ2v) is 9.73. The van der Waals surface area contributed by atoms with Gasteiger partial charge in [-0.05, 0) is 62.6 Å². The maximum absolute atomic E-state index is 13.5. The number of carbonyl (C=O) groups excluding carboxylic acids is 2. The van der Waals surface area contributed by atoms with Crippen molar-refractivity contribution >= 4 is 23.3 Å². The fourth-order valence-corrected chi connectivity index (χ4v) is 5.00. The highest BCUT2D eigenvalue weighted by atomic mass is 19.1. The summed E-state index contributed by atoms with van der Waals surface area (Å²) in [5.41, 5.74) is 2.80. The molecule has 5 heterocycles. The van der Waals surface area contributed by atoms with E-state index in [1.54, 1.807) is 11.0 Å². The van der Waals surface area contributed by atoms with Gasteiger partial charge in [0.15, 0.2) is 0 Å². The molecule has 1 aromatic carbocycles. The summed E-state index contributed by atoms with van der Waals surface area (Å²) in [5, 5.41) is 7.22. The van der Waals surface area contributed by atoms with Crippen LogP contribution in [0, 0.1) is 5.82 Å². The molecule has 1 N–H and O–H groups in total. The SMILES string of the molecule is CC(C)N1Cc2c(n(CC(=O)Nc3ccc(F)cn3)c3cc(-c4ccc5c(c4)CCCO5)nn3c2=O)C1=O. The molecule has 0 fully saturated rings. The molecular weight excluding hydrogens is 491 g/mol. The van der Waals surface area contributed by atoms with Gasteiger partial charge in [-0.3, -0.25) is 14.4 Å². The predicted octanol–water partition coefficient (Wildman–Crippen LogP) is 3.03. The van der Waals surface area contributed by atoms with Gasteiger partial charge in [0.1, 0.15) is 35.3 Å².